The van der Waals surface area contributed by atoms with Gasteiger partial charge in [-0.1, -0.05) is 19.1 Å². The molecule has 2 heterocycles. The monoisotopic (exact) mass is 563 g/mol. The molecule has 0 aliphatic carbocycles. The van der Waals surface area contributed by atoms with E-state index in [2.05, 4.69) is 22.2 Å². The largest absolute Gasteiger partial charge is 0.480 e. The second-order valence-corrected chi connectivity index (χ2v) is 11.5. The maximum absolute atomic E-state index is 14.1. The Hall–Kier alpha value is -3.97. The maximum atomic E-state index is 14.1. The van der Waals surface area contributed by atoms with Gasteiger partial charge in [0.2, 0.25) is 5.91 Å². The van der Waals surface area contributed by atoms with Crippen LogP contribution in [0.1, 0.15) is 80.9 Å². The molecule has 0 aromatic heterocycles. The number of rotatable bonds is 8. The van der Waals surface area contributed by atoms with Crippen molar-refractivity contribution in [3.8, 4) is 11.8 Å². The van der Waals surface area contributed by atoms with Gasteiger partial charge in [0.05, 0.1) is 23.6 Å². The molecule has 0 saturated carbocycles. The second-order valence-electron chi connectivity index (χ2n) is 11.5. The molecule has 3 amide bonds. The zero-order chi connectivity index (χ0) is 29.9. The van der Waals surface area contributed by atoms with Crippen LogP contribution in [0.4, 0.5) is 4.39 Å². The minimum absolute atomic E-state index is 0.0565. The van der Waals surface area contributed by atoms with Crippen molar-refractivity contribution in [2.24, 2.45) is 5.41 Å². The number of hydrazine groups is 1. The van der Waals surface area contributed by atoms with Gasteiger partial charge in [-0.25, -0.2) is 9.82 Å². The summed E-state index contributed by atoms with van der Waals surface area (Å²) in [4.78, 5) is 41.2. The van der Waals surface area contributed by atoms with Crippen LogP contribution < -0.4 is 20.9 Å². The number of hydrogen-bond donors (Lipinski definition) is 3. The number of nitrogens with zero attached hydrogens (tertiary/aromatic N) is 2. The number of carbonyl (C=O) groups is 3. The van der Waals surface area contributed by atoms with Crippen LogP contribution in [0, 0.1) is 29.5 Å². The van der Waals surface area contributed by atoms with Crippen molar-refractivity contribution >= 4 is 17.7 Å². The van der Waals surface area contributed by atoms with Crippen molar-refractivity contribution in [2.75, 3.05) is 0 Å². The molecule has 41 heavy (non-hydrogen) atoms. The molecule has 218 valence electrons. The molecular formula is C31H38FN5O4. The molecule has 4 rings (SSSR count). The number of carbonyl (C=O) groups excluding carboxylic acids is 3. The lowest BCUT2D eigenvalue weighted by Crippen LogP contribution is -2.56. The topological polar surface area (TPSA) is 124 Å². The number of nitrogens with one attached hydrogen (secondary N) is 3. The Morgan fingerprint density at radius 2 is 2.00 bits per heavy atom. The van der Waals surface area contributed by atoms with Crippen molar-refractivity contribution in [3.63, 3.8) is 0 Å². The Balaban J connectivity index is 1.53. The van der Waals surface area contributed by atoms with Crippen LogP contribution in [-0.2, 0) is 9.59 Å². The average Bonchev–Trinajstić information content (AvgIpc) is 3.40. The SMILES string of the molecule is CC[C@@H](NC(=O)c1ccc(OC2CC(C)NNC2=O)c(C)c1)C(=O)N1[C@H](c2cccc(F)c2)CC[C@@H]1C(C)(C)C#N. The fourth-order valence-electron chi connectivity index (χ4n) is 5.64. The molecule has 0 radical (unpaired) electrons. The van der Waals surface area contributed by atoms with Gasteiger partial charge in [-0.05, 0) is 88.4 Å². The van der Waals surface area contributed by atoms with E-state index in [1.54, 1.807) is 56.0 Å². The zero-order valence-electron chi connectivity index (χ0n) is 24.2. The third-order valence-electron chi connectivity index (χ3n) is 8.01. The molecule has 9 nitrogen and oxygen atoms in total. The van der Waals surface area contributed by atoms with Crippen LogP contribution in [0.3, 0.4) is 0 Å². The van der Waals surface area contributed by atoms with Gasteiger partial charge < -0.3 is 15.0 Å². The third-order valence-corrected chi connectivity index (χ3v) is 8.01. The van der Waals surface area contributed by atoms with E-state index >= 15 is 0 Å². The first-order valence-corrected chi connectivity index (χ1v) is 14.1. The molecule has 2 unspecified atom stereocenters. The van der Waals surface area contributed by atoms with Crippen LogP contribution in [-0.4, -0.2) is 46.9 Å². The van der Waals surface area contributed by atoms with Crippen molar-refractivity contribution in [2.45, 2.75) is 90.6 Å². The van der Waals surface area contributed by atoms with Gasteiger partial charge in [0.1, 0.15) is 17.6 Å². The summed E-state index contributed by atoms with van der Waals surface area (Å²) in [7, 11) is 0. The lowest BCUT2D eigenvalue weighted by molar-refractivity contribution is -0.138. The van der Waals surface area contributed by atoms with E-state index in [9.17, 15) is 24.0 Å². The molecule has 0 bridgehead atoms. The van der Waals surface area contributed by atoms with E-state index < -0.39 is 41.4 Å². The van der Waals surface area contributed by atoms with Crippen LogP contribution in [0.2, 0.25) is 0 Å². The van der Waals surface area contributed by atoms with Crippen molar-refractivity contribution < 1.29 is 23.5 Å². The van der Waals surface area contributed by atoms with E-state index in [0.717, 1.165) is 0 Å². The molecule has 2 aliphatic rings. The predicted octanol–water partition coefficient (Wildman–Crippen LogP) is 4.09. The first-order valence-electron chi connectivity index (χ1n) is 14.1. The summed E-state index contributed by atoms with van der Waals surface area (Å²) in [5.74, 6) is -0.883. The molecule has 2 aromatic rings. The van der Waals surface area contributed by atoms with Crippen molar-refractivity contribution in [1.82, 2.24) is 21.1 Å². The zero-order valence-corrected chi connectivity index (χ0v) is 24.2. The maximum Gasteiger partial charge on any atom is 0.275 e. The number of likely N-dealkylation sites (tertiary alicyclic amines) is 1. The van der Waals surface area contributed by atoms with Gasteiger partial charge in [0.25, 0.3) is 11.8 Å². The Morgan fingerprint density at radius 3 is 2.66 bits per heavy atom. The quantitative estimate of drug-likeness (QED) is 0.445. The van der Waals surface area contributed by atoms with Crippen molar-refractivity contribution in [3.05, 3.63) is 65.0 Å². The normalized spacial score (nSPS) is 23.3. The summed E-state index contributed by atoms with van der Waals surface area (Å²) in [6.45, 7) is 9.14. The standard InChI is InChI=1S/C31H38FN5O4/c1-6-23(30(40)37-24(20-8-7-9-22(32)16-20)11-13-27(37)31(4,5)17-33)34-28(38)21-10-12-25(18(2)14-21)41-26-15-19(3)35-36-29(26)39/h7-10,12,14,16,19,23-24,26-27,35H,6,11,13,15H2,1-5H3,(H,34,38)(H,36,39)/t19?,23-,24+,26?,27-/m1/s1. The Kier molecular flexibility index (Phi) is 8.98. The summed E-state index contributed by atoms with van der Waals surface area (Å²) in [5.41, 5.74) is 6.32. The fraction of sp³-hybridized carbons (Fsp3) is 0.484. The van der Waals surface area contributed by atoms with Crippen LogP contribution in [0.25, 0.3) is 0 Å². The number of amides is 3. The first kappa shape index (κ1) is 30.0. The number of benzene rings is 2. The first-order chi connectivity index (χ1) is 19.4. The fourth-order valence-corrected chi connectivity index (χ4v) is 5.64. The summed E-state index contributed by atoms with van der Waals surface area (Å²) in [5, 5.41) is 12.7. The summed E-state index contributed by atoms with van der Waals surface area (Å²) < 4.78 is 20.0. The number of nitriles is 1. The minimum Gasteiger partial charge on any atom is -0.480 e. The highest BCUT2D eigenvalue weighted by atomic mass is 19.1. The highest BCUT2D eigenvalue weighted by molar-refractivity contribution is 5.98. The Morgan fingerprint density at radius 1 is 1.24 bits per heavy atom. The summed E-state index contributed by atoms with van der Waals surface area (Å²) >= 11 is 0. The van der Waals surface area contributed by atoms with Crippen LogP contribution >= 0.6 is 0 Å². The van der Waals surface area contributed by atoms with Gasteiger partial charge in [-0.2, -0.15) is 5.26 Å². The predicted molar refractivity (Wildman–Crippen MR) is 151 cm³/mol. The van der Waals surface area contributed by atoms with Gasteiger partial charge in [-0.15, -0.1) is 0 Å². The molecule has 2 aromatic carbocycles. The molecule has 3 N–H and O–H groups in total. The van der Waals surface area contributed by atoms with E-state index in [4.69, 9.17) is 4.74 Å². The lowest BCUT2D eigenvalue weighted by Gasteiger charge is -2.38. The van der Waals surface area contributed by atoms with Gasteiger partial charge in [0, 0.05) is 18.0 Å². The number of hydrogen-bond acceptors (Lipinski definition) is 6. The highest BCUT2D eigenvalue weighted by Crippen LogP contribution is 2.43. The number of aryl methyl sites for hydroxylation is 1. The third kappa shape index (κ3) is 6.51. The van der Waals surface area contributed by atoms with Gasteiger partial charge >= 0.3 is 0 Å². The van der Waals surface area contributed by atoms with E-state index in [-0.39, 0.29) is 17.9 Å². The molecule has 5 atom stereocenters. The summed E-state index contributed by atoms with van der Waals surface area (Å²) in [6.07, 6.45) is 1.37. The molecule has 10 heteroatoms. The summed E-state index contributed by atoms with van der Waals surface area (Å²) in [6, 6.07) is 11.8. The Labute approximate surface area is 240 Å². The molecule has 2 aliphatic heterocycles. The lowest BCUT2D eigenvalue weighted by atomic mass is 9.84. The Bertz CT molecular complexity index is 1360. The van der Waals surface area contributed by atoms with Crippen LogP contribution in [0.15, 0.2) is 42.5 Å². The molecule has 0 spiro atoms. The number of halogens is 1. The van der Waals surface area contributed by atoms with E-state index in [1.165, 1.54) is 12.1 Å². The van der Waals surface area contributed by atoms with E-state index in [0.29, 0.717) is 48.1 Å². The second kappa shape index (κ2) is 12.3. The molecule has 2 saturated heterocycles. The smallest absolute Gasteiger partial charge is 0.275 e. The minimum atomic E-state index is -0.843. The average molecular weight is 564 g/mol. The highest BCUT2D eigenvalue weighted by Gasteiger charge is 2.47. The van der Waals surface area contributed by atoms with Gasteiger partial charge in [-0.3, -0.25) is 19.8 Å². The number of ether oxygens (including phenoxy) is 1. The molecular weight excluding hydrogens is 525 g/mol. The van der Waals surface area contributed by atoms with Crippen LogP contribution in [0.5, 0.6) is 5.75 Å². The van der Waals surface area contributed by atoms with Crippen molar-refractivity contribution in [1.29, 1.82) is 5.26 Å². The molecule has 2 fully saturated rings. The van der Waals surface area contributed by atoms with E-state index in [1.807, 2.05) is 13.8 Å². The van der Waals surface area contributed by atoms with Gasteiger partial charge in [0.15, 0.2) is 6.10 Å².